The molecule has 0 saturated heterocycles. The number of aliphatic hydroxyl groups is 1. The van der Waals surface area contributed by atoms with Crippen LogP contribution >= 0.6 is 0 Å². The Morgan fingerprint density at radius 2 is 1.81 bits per heavy atom. The second-order valence-corrected chi connectivity index (χ2v) is 12.6. The van der Waals surface area contributed by atoms with Crippen LogP contribution in [0.5, 0.6) is 0 Å². The first-order chi connectivity index (χ1) is 17.0. The number of nitrogens with one attached hydrogen (secondary N) is 1. The Hall–Kier alpha value is -2.56. The van der Waals surface area contributed by atoms with Crippen LogP contribution in [-0.2, 0) is 10.0 Å². The number of unbranched alkanes of at least 4 members (excludes halogenated alkanes) is 1. The molecule has 10 heteroatoms. The highest BCUT2D eigenvalue weighted by molar-refractivity contribution is 7.89. The molecule has 1 saturated carbocycles. The van der Waals surface area contributed by atoms with Crippen molar-refractivity contribution in [3.8, 4) is 11.3 Å². The molecule has 1 aliphatic rings. The van der Waals surface area contributed by atoms with Gasteiger partial charge in [0.1, 0.15) is 5.69 Å². The third-order valence-electron chi connectivity index (χ3n) is 7.00. The van der Waals surface area contributed by atoms with Crippen molar-refractivity contribution in [2.24, 2.45) is 0 Å². The standard InChI is InChI=1S/C26H38N6O3S/c1-6-7-16-27-25-28-17-22-23(30-32(24(22)29-25)19-10-12-20(33)13-11-19)18-8-14-21(15-9-18)36(34,35)31(5)26(2,3)4/h8-9,14-15,17,19-20,33H,6-7,10-13,16H2,1-5H3,(H,27,28,29)/t19-,20-. The van der Waals surface area contributed by atoms with Gasteiger partial charge in [-0.2, -0.15) is 14.4 Å². The molecule has 2 N–H and O–H groups in total. The van der Waals surface area contributed by atoms with Crippen LogP contribution in [0.4, 0.5) is 5.95 Å². The van der Waals surface area contributed by atoms with Crippen molar-refractivity contribution < 1.29 is 13.5 Å². The Labute approximate surface area is 214 Å². The van der Waals surface area contributed by atoms with Gasteiger partial charge in [-0.1, -0.05) is 25.5 Å². The molecule has 1 aromatic carbocycles. The van der Waals surface area contributed by atoms with E-state index in [1.807, 2.05) is 25.5 Å². The second kappa shape index (κ2) is 10.4. The number of nitrogens with zero attached hydrogens (tertiary/aromatic N) is 5. The largest absolute Gasteiger partial charge is 0.393 e. The van der Waals surface area contributed by atoms with E-state index >= 15 is 0 Å². The van der Waals surface area contributed by atoms with E-state index in [1.54, 1.807) is 37.5 Å². The normalized spacial score (nSPS) is 19.2. The van der Waals surface area contributed by atoms with Crippen molar-refractivity contribution in [2.45, 2.75) is 88.8 Å². The molecule has 0 unspecified atom stereocenters. The highest BCUT2D eigenvalue weighted by Gasteiger charge is 2.31. The minimum atomic E-state index is -3.62. The fourth-order valence-corrected chi connectivity index (χ4v) is 5.98. The summed E-state index contributed by atoms with van der Waals surface area (Å²) in [4.78, 5) is 9.57. The fourth-order valence-electron chi connectivity index (χ4n) is 4.46. The summed E-state index contributed by atoms with van der Waals surface area (Å²) in [5.41, 5.74) is 1.76. The molecule has 4 rings (SSSR count). The molecule has 0 bridgehead atoms. The smallest absolute Gasteiger partial charge is 0.243 e. The zero-order valence-electron chi connectivity index (χ0n) is 21.9. The Morgan fingerprint density at radius 1 is 1.14 bits per heavy atom. The molecule has 1 aliphatic carbocycles. The van der Waals surface area contributed by atoms with Crippen molar-refractivity contribution in [1.82, 2.24) is 24.1 Å². The number of hydrogen-bond acceptors (Lipinski definition) is 7. The van der Waals surface area contributed by atoms with Crippen LogP contribution in [0.3, 0.4) is 0 Å². The summed E-state index contributed by atoms with van der Waals surface area (Å²) in [5, 5.41) is 19.1. The van der Waals surface area contributed by atoms with Gasteiger partial charge in [0.15, 0.2) is 5.65 Å². The zero-order chi connectivity index (χ0) is 26.1. The molecule has 9 nitrogen and oxygen atoms in total. The summed E-state index contributed by atoms with van der Waals surface area (Å²) < 4.78 is 29.5. The van der Waals surface area contributed by atoms with Crippen LogP contribution in [0.15, 0.2) is 35.4 Å². The average Bonchev–Trinajstić information content (AvgIpc) is 3.22. The molecule has 0 aliphatic heterocycles. The Morgan fingerprint density at radius 3 is 2.42 bits per heavy atom. The van der Waals surface area contributed by atoms with Crippen LogP contribution in [-0.4, -0.2) is 62.8 Å². The highest BCUT2D eigenvalue weighted by atomic mass is 32.2. The maximum atomic E-state index is 13.1. The number of sulfonamides is 1. The number of aliphatic hydroxyl groups excluding tert-OH is 1. The van der Waals surface area contributed by atoms with E-state index in [-0.39, 0.29) is 17.0 Å². The van der Waals surface area contributed by atoms with Gasteiger partial charge in [-0.05, 0) is 65.0 Å². The minimum absolute atomic E-state index is 0.142. The Balaban J connectivity index is 1.73. The summed E-state index contributed by atoms with van der Waals surface area (Å²) in [7, 11) is -2.02. The lowest BCUT2D eigenvalue weighted by atomic mass is 9.93. The maximum absolute atomic E-state index is 13.1. The number of benzene rings is 1. The number of hydrogen-bond donors (Lipinski definition) is 2. The molecule has 3 aromatic rings. The van der Waals surface area contributed by atoms with Gasteiger partial charge in [-0.3, -0.25) is 0 Å². The third-order valence-corrected chi connectivity index (χ3v) is 9.14. The number of aromatic nitrogens is 4. The van der Waals surface area contributed by atoms with Crippen molar-refractivity contribution in [3.05, 3.63) is 30.5 Å². The Kier molecular flexibility index (Phi) is 7.68. The molecule has 196 valence electrons. The molecular formula is C26H38N6O3S. The molecule has 1 fully saturated rings. The van der Waals surface area contributed by atoms with Crippen LogP contribution in [0.25, 0.3) is 22.3 Å². The van der Waals surface area contributed by atoms with Crippen molar-refractivity contribution in [3.63, 3.8) is 0 Å². The third kappa shape index (κ3) is 5.40. The summed E-state index contributed by atoms with van der Waals surface area (Å²) >= 11 is 0. The van der Waals surface area contributed by atoms with Crippen molar-refractivity contribution in [2.75, 3.05) is 18.9 Å². The lowest BCUT2D eigenvalue weighted by Gasteiger charge is -2.30. The summed E-state index contributed by atoms with van der Waals surface area (Å²) in [5.74, 6) is 0.575. The predicted molar refractivity (Wildman–Crippen MR) is 142 cm³/mol. The first kappa shape index (κ1) is 26.5. The molecule has 2 heterocycles. The van der Waals surface area contributed by atoms with Gasteiger partial charge in [0.25, 0.3) is 0 Å². The van der Waals surface area contributed by atoms with Crippen LogP contribution in [0, 0.1) is 0 Å². The van der Waals surface area contributed by atoms with E-state index in [1.165, 1.54) is 4.31 Å². The van der Waals surface area contributed by atoms with E-state index in [0.717, 1.165) is 67.4 Å². The van der Waals surface area contributed by atoms with Gasteiger partial charge >= 0.3 is 0 Å². The predicted octanol–water partition coefficient (Wildman–Crippen LogP) is 4.60. The van der Waals surface area contributed by atoms with Gasteiger partial charge in [0.05, 0.1) is 22.4 Å². The van der Waals surface area contributed by atoms with E-state index in [0.29, 0.717) is 5.95 Å². The summed E-state index contributed by atoms with van der Waals surface area (Å²) in [6.45, 7) is 8.55. The van der Waals surface area contributed by atoms with Gasteiger partial charge < -0.3 is 10.4 Å². The maximum Gasteiger partial charge on any atom is 0.243 e. The first-order valence-corrected chi connectivity index (χ1v) is 14.2. The zero-order valence-corrected chi connectivity index (χ0v) is 22.7. The number of rotatable bonds is 8. The van der Waals surface area contributed by atoms with Gasteiger partial charge in [-0.25, -0.2) is 18.1 Å². The molecular weight excluding hydrogens is 476 g/mol. The topological polar surface area (TPSA) is 113 Å². The number of anilines is 1. The molecule has 0 amide bonds. The van der Waals surface area contributed by atoms with Gasteiger partial charge in [0.2, 0.25) is 16.0 Å². The quantitative estimate of drug-likeness (QED) is 0.422. The summed E-state index contributed by atoms with van der Waals surface area (Å²) in [6, 6.07) is 7.01. The lowest BCUT2D eigenvalue weighted by Crippen LogP contribution is -2.42. The van der Waals surface area contributed by atoms with E-state index < -0.39 is 15.6 Å². The first-order valence-electron chi connectivity index (χ1n) is 12.8. The molecule has 0 radical (unpaired) electrons. The van der Waals surface area contributed by atoms with Gasteiger partial charge in [0, 0.05) is 30.9 Å². The fraction of sp³-hybridized carbons (Fsp3) is 0.577. The van der Waals surface area contributed by atoms with Crippen molar-refractivity contribution in [1.29, 1.82) is 0 Å². The van der Waals surface area contributed by atoms with E-state index in [2.05, 4.69) is 17.2 Å². The van der Waals surface area contributed by atoms with Crippen molar-refractivity contribution >= 4 is 27.0 Å². The number of fused-ring (bicyclic) bond motifs is 1. The van der Waals surface area contributed by atoms with Gasteiger partial charge in [-0.15, -0.1) is 0 Å². The van der Waals surface area contributed by atoms with Crippen LogP contribution in [0.1, 0.15) is 72.3 Å². The molecule has 2 aromatic heterocycles. The van der Waals surface area contributed by atoms with E-state index in [4.69, 9.17) is 10.1 Å². The second-order valence-electron chi connectivity index (χ2n) is 10.6. The molecule has 0 atom stereocenters. The SMILES string of the molecule is CCCCNc1ncc2c(-c3ccc(S(=O)(=O)N(C)C(C)(C)C)cc3)nn([C@H]3CC[C@H](O)CC3)c2n1. The minimum Gasteiger partial charge on any atom is -0.393 e. The lowest BCUT2D eigenvalue weighted by molar-refractivity contribution is 0.109. The molecule has 0 spiro atoms. The molecule has 36 heavy (non-hydrogen) atoms. The Bertz CT molecular complexity index is 1290. The monoisotopic (exact) mass is 514 g/mol. The van der Waals surface area contributed by atoms with Crippen LogP contribution in [0.2, 0.25) is 0 Å². The summed E-state index contributed by atoms with van der Waals surface area (Å²) in [6.07, 6.45) is 6.79. The van der Waals surface area contributed by atoms with E-state index in [9.17, 15) is 13.5 Å². The highest BCUT2D eigenvalue weighted by Crippen LogP contribution is 2.35. The van der Waals surface area contributed by atoms with Crippen LogP contribution < -0.4 is 5.32 Å². The average molecular weight is 515 g/mol.